The number of morpholine rings is 1. The Hall–Kier alpha value is -1.75. The van der Waals surface area contributed by atoms with Crippen molar-refractivity contribution in [1.29, 1.82) is 0 Å². The molecule has 2 heterocycles. The lowest BCUT2D eigenvalue weighted by Crippen LogP contribution is -2.40. The molecule has 1 aromatic heterocycles. The summed E-state index contributed by atoms with van der Waals surface area (Å²) in [5, 5.41) is 2.82. The van der Waals surface area contributed by atoms with E-state index in [9.17, 15) is 13.2 Å². The molecule has 1 N–H and O–H groups in total. The maximum absolute atomic E-state index is 13.0. The highest BCUT2D eigenvalue weighted by Crippen LogP contribution is 2.25. The second kappa shape index (κ2) is 10.7. The molecule has 31 heavy (non-hydrogen) atoms. The van der Waals surface area contributed by atoms with Gasteiger partial charge in [0.2, 0.25) is 15.9 Å². The predicted octanol–water partition coefficient (Wildman–Crippen LogP) is 3.36. The molecular formula is C21H26ClN3O4S2. The number of anilines is 1. The van der Waals surface area contributed by atoms with Crippen molar-refractivity contribution in [1.82, 2.24) is 9.21 Å². The van der Waals surface area contributed by atoms with Crippen molar-refractivity contribution in [3.8, 4) is 0 Å². The van der Waals surface area contributed by atoms with Crippen molar-refractivity contribution in [2.45, 2.75) is 18.4 Å². The van der Waals surface area contributed by atoms with Gasteiger partial charge in [-0.2, -0.15) is 4.31 Å². The smallest absolute Gasteiger partial charge is 0.243 e. The Balaban J connectivity index is 1.70. The Labute approximate surface area is 192 Å². The van der Waals surface area contributed by atoms with E-state index in [2.05, 4.69) is 11.9 Å². The zero-order valence-electron chi connectivity index (χ0n) is 17.3. The number of benzene rings is 1. The van der Waals surface area contributed by atoms with E-state index in [4.69, 9.17) is 16.3 Å². The average molecular weight is 484 g/mol. The first kappa shape index (κ1) is 23.9. The van der Waals surface area contributed by atoms with Crippen LogP contribution in [0.25, 0.3) is 0 Å². The molecule has 0 unspecified atom stereocenters. The SMILES string of the molecule is C=CCN(CC(=O)Nc1ccc(C)c(S(=O)(=O)N2CCOCC2)c1)Cc1ccc(Cl)s1. The van der Waals surface area contributed by atoms with Gasteiger partial charge in [-0.05, 0) is 36.8 Å². The number of halogens is 1. The van der Waals surface area contributed by atoms with Crippen LogP contribution in [-0.2, 0) is 26.1 Å². The van der Waals surface area contributed by atoms with Crippen LogP contribution in [0.4, 0.5) is 5.69 Å². The van der Waals surface area contributed by atoms with Gasteiger partial charge in [-0.1, -0.05) is 23.7 Å². The summed E-state index contributed by atoms with van der Waals surface area (Å²) in [5.41, 5.74) is 1.08. The fourth-order valence-electron chi connectivity index (χ4n) is 3.31. The van der Waals surface area contributed by atoms with E-state index >= 15 is 0 Å². The minimum absolute atomic E-state index is 0.140. The minimum Gasteiger partial charge on any atom is -0.379 e. The van der Waals surface area contributed by atoms with Crippen LogP contribution in [0.1, 0.15) is 10.4 Å². The van der Waals surface area contributed by atoms with Crippen molar-refractivity contribution in [2.24, 2.45) is 0 Å². The van der Waals surface area contributed by atoms with Gasteiger partial charge in [-0.3, -0.25) is 9.69 Å². The van der Waals surface area contributed by atoms with Crippen molar-refractivity contribution < 1.29 is 17.9 Å². The summed E-state index contributed by atoms with van der Waals surface area (Å²) in [6.45, 7) is 8.15. The highest BCUT2D eigenvalue weighted by molar-refractivity contribution is 7.89. The molecule has 0 aliphatic carbocycles. The van der Waals surface area contributed by atoms with Crippen LogP contribution < -0.4 is 5.32 Å². The Bertz CT molecular complexity index is 1030. The number of aryl methyl sites for hydroxylation is 1. The van der Waals surface area contributed by atoms with E-state index < -0.39 is 10.0 Å². The number of hydrogen-bond acceptors (Lipinski definition) is 6. The zero-order chi connectivity index (χ0) is 22.4. The van der Waals surface area contributed by atoms with Gasteiger partial charge < -0.3 is 10.1 Å². The number of sulfonamides is 1. The summed E-state index contributed by atoms with van der Waals surface area (Å²) in [4.78, 5) is 15.8. The molecule has 0 radical (unpaired) electrons. The maximum Gasteiger partial charge on any atom is 0.243 e. The molecule has 10 heteroatoms. The lowest BCUT2D eigenvalue weighted by Gasteiger charge is -2.27. The van der Waals surface area contributed by atoms with Crippen LogP contribution in [0.2, 0.25) is 4.34 Å². The van der Waals surface area contributed by atoms with E-state index in [1.165, 1.54) is 21.7 Å². The van der Waals surface area contributed by atoms with E-state index in [1.807, 2.05) is 17.0 Å². The van der Waals surface area contributed by atoms with Gasteiger partial charge in [0.05, 0.1) is 29.0 Å². The molecule has 1 fully saturated rings. The molecule has 0 saturated carbocycles. The van der Waals surface area contributed by atoms with Crippen LogP contribution in [0, 0.1) is 6.92 Å². The molecular weight excluding hydrogens is 458 g/mol. The summed E-state index contributed by atoms with van der Waals surface area (Å²) in [5.74, 6) is -0.233. The number of amides is 1. The number of nitrogens with zero attached hydrogens (tertiary/aromatic N) is 2. The third kappa shape index (κ3) is 6.38. The number of hydrogen-bond donors (Lipinski definition) is 1. The molecule has 1 amide bonds. The molecule has 1 aromatic carbocycles. The molecule has 0 spiro atoms. The fourth-order valence-corrected chi connectivity index (χ4v) is 6.10. The average Bonchev–Trinajstić information content (AvgIpc) is 3.14. The molecule has 3 rings (SSSR count). The van der Waals surface area contributed by atoms with Crippen LogP contribution in [0.5, 0.6) is 0 Å². The van der Waals surface area contributed by atoms with Gasteiger partial charge in [-0.25, -0.2) is 8.42 Å². The number of rotatable bonds is 9. The summed E-state index contributed by atoms with van der Waals surface area (Å²) in [6.07, 6.45) is 1.74. The number of nitrogens with one attached hydrogen (secondary N) is 1. The number of ether oxygens (including phenoxy) is 1. The second-order valence-electron chi connectivity index (χ2n) is 7.21. The quantitative estimate of drug-likeness (QED) is 0.553. The Morgan fingerprint density at radius 2 is 2.06 bits per heavy atom. The molecule has 168 valence electrons. The molecule has 1 aliphatic rings. The third-order valence-corrected chi connectivity index (χ3v) is 8.08. The van der Waals surface area contributed by atoms with E-state index in [0.717, 1.165) is 4.88 Å². The lowest BCUT2D eigenvalue weighted by molar-refractivity contribution is -0.117. The highest BCUT2D eigenvalue weighted by Gasteiger charge is 2.28. The Morgan fingerprint density at radius 1 is 1.32 bits per heavy atom. The molecule has 2 aromatic rings. The lowest BCUT2D eigenvalue weighted by atomic mass is 10.2. The van der Waals surface area contributed by atoms with Gasteiger partial charge in [0.15, 0.2) is 0 Å². The zero-order valence-corrected chi connectivity index (χ0v) is 19.7. The first-order valence-electron chi connectivity index (χ1n) is 9.85. The monoisotopic (exact) mass is 483 g/mol. The van der Waals surface area contributed by atoms with Gasteiger partial charge in [0.25, 0.3) is 0 Å². The van der Waals surface area contributed by atoms with Crippen molar-refractivity contribution in [3.63, 3.8) is 0 Å². The van der Waals surface area contributed by atoms with Gasteiger partial charge in [0.1, 0.15) is 0 Å². The van der Waals surface area contributed by atoms with Gasteiger partial charge >= 0.3 is 0 Å². The van der Waals surface area contributed by atoms with E-state index in [0.29, 0.717) is 55.0 Å². The minimum atomic E-state index is -3.65. The Morgan fingerprint density at radius 3 is 2.71 bits per heavy atom. The summed E-state index contributed by atoms with van der Waals surface area (Å²) < 4.78 is 33.5. The van der Waals surface area contributed by atoms with Crippen LogP contribution >= 0.6 is 22.9 Å². The maximum atomic E-state index is 13.0. The molecule has 0 bridgehead atoms. The van der Waals surface area contributed by atoms with Crippen LogP contribution in [0.15, 0.2) is 47.9 Å². The second-order valence-corrected chi connectivity index (χ2v) is 10.9. The summed E-state index contributed by atoms with van der Waals surface area (Å²) in [6, 6.07) is 8.70. The van der Waals surface area contributed by atoms with Gasteiger partial charge in [0, 0.05) is 36.7 Å². The van der Waals surface area contributed by atoms with E-state index in [-0.39, 0.29) is 17.3 Å². The standard InChI is InChI=1S/C21H26ClN3O4S2/c1-3-8-24(14-18-6-7-20(22)30-18)15-21(26)23-17-5-4-16(2)19(13-17)31(27,28)25-9-11-29-12-10-25/h3-7,13H,1,8-12,14-15H2,2H3,(H,23,26). The number of carbonyl (C=O) groups is 1. The van der Waals surface area contributed by atoms with E-state index in [1.54, 1.807) is 25.1 Å². The number of carbonyl (C=O) groups excluding carboxylic acids is 1. The fraction of sp³-hybridized carbons (Fsp3) is 0.381. The van der Waals surface area contributed by atoms with Crippen molar-refractivity contribution >= 4 is 44.6 Å². The predicted molar refractivity (Wildman–Crippen MR) is 124 cm³/mol. The molecule has 0 atom stereocenters. The first-order chi connectivity index (χ1) is 14.8. The van der Waals surface area contributed by atoms with Crippen molar-refractivity contribution in [2.75, 3.05) is 44.7 Å². The number of thiophene rings is 1. The normalized spacial score (nSPS) is 15.2. The molecule has 7 nitrogen and oxygen atoms in total. The molecule has 1 aliphatic heterocycles. The Kier molecular flexibility index (Phi) is 8.26. The first-order valence-corrected chi connectivity index (χ1v) is 12.5. The van der Waals surface area contributed by atoms with Crippen molar-refractivity contribution in [3.05, 3.63) is 57.8 Å². The third-order valence-electron chi connectivity index (χ3n) is 4.82. The summed E-state index contributed by atoms with van der Waals surface area (Å²) in [7, 11) is -3.65. The summed E-state index contributed by atoms with van der Waals surface area (Å²) >= 11 is 7.47. The molecule has 1 saturated heterocycles. The largest absolute Gasteiger partial charge is 0.379 e. The highest BCUT2D eigenvalue weighted by atomic mass is 35.5. The topological polar surface area (TPSA) is 79.0 Å². The van der Waals surface area contributed by atoms with Gasteiger partial charge in [-0.15, -0.1) is 17.9 Å². The van der Waals surface area contributed by atoms with Crippen LogP contribution in [0.3, 0.4) is 0 Å². The van der Waals surface area contributed by atoms with Crippen LogP contribution in [-0.4, -0.2) is 62.9 Å².